The molecule has 0 bridgehead atoms. The molecule has 0 rings (SSSR count). The van der Waals surface area contributed by atoms with Gasteiger partial charge in [-0.2, -0.15) is 5.26 Å². The van der Waals surface area contributed by atoms with Crippen molar-refractivity contribution in [1.82, 2.24) is 0 Å². The number of rotatable bonds is 2. The number of hydrogen-bond donors (Lipinski definition) is 1. The van der Waals surface area contributed by atoms with Gasteiger partial charge in [0, 0.05) is 5.57 Å². The second-order valence-corrected chi connectivity index (χ2v) is 1.60. The first-order valence-electron chi connectivity index (χ1n) is 2.45. The zero-order valence-electron chi connectivity index (χ0n) is 5.09. The predicted molar refractivity (Wildman–Crippen MR) is 31.6 cm³/mol. The van der Waals surface area contributed by atoms with Gasteiger partial charge in [-0.3, -0.25) is 4.79 Å². The van der Waals surface area contributed by atoms with Gasteiger partial charge in [0.2, 0.25) is 0 Å². The van der Waals surface area contributed by atoms with Gasteiger partial charge in [0.1, 0.15) is 0 Å². The molecule has 48 valence electrons. The number of carboxylic acids is 1. The molecule has 0 saturated heterocycles. The van der Waals surface area contributed by atoms with E-state index >= 15 is 0 Å². The van der Waals surface area contributed by atoms with Crippen LogP contribution in [0.25, 0.3) is 0 Å². The van der Waals surface area contributed by atoms with E-state index in [-0.39, 0.29) is 6.42 Å². The summed E-state index contributed by atoms with van der Waals surface area (Å²) in [5.41, 5.74) is 0.442. The maximum atomic E-state index is 9.87. The Bertz CT molecular complexity index is 176. The average Bonchev–Trinajstić information content (AvgIpc) is 1.83. The second-order valence-electron chi connectivity index (χ2n) is 1.60. The zero-order chi connectivity index (χ0) is 7.28. The maximum absolute atomic E-state index is 9.87. The van der Waals surface area contributed by atoms with Gasteiger partial charge in [0.05, 0.1) is 12.5 Å². The SMILES string of the molecule is C/C(C#N)=C/CC(=O)O. The Hall–Kier alpha value is -1.30. The molecule has 0 aromatic heterocycles. The topological polar surface area (TPSA) is 61.1 Å². The number of aliphatic carboxylic acids is 1. The Kier molecular flexibility index (Phi) is 3.14. The molecule has 0 unspecified atom stereocenters. The third kappa shape index (κ3) is 4.56. The van der Waals surface area contributed by atoms with Crippen LogP contribution in [-0.4, -0.2) is 11.1 Å². The molecule has 0 aliphatic rings. The number of carboxylic acid groups (broad SMARTS) is 1. The molecular formula is C6H7NO2. The summed E-state index contributed by atoms with van der Waals surface area (Å²) in [5.74, 6) is -0.912. The highest BCUT2D eigenvalue weighted by atomic mass is 16.4. The van der Waals surface area contributed by atoms with Gasteiger partial charge in [0.25, 0.3) is 0 Å². The highest BCUT2D eigenvalue weighted by Crippen LogP contribution is 1.91. The van der Waals surface area contributed by atoms with Crippen LogP contribution in [-0.2, 0) is 4.79 Å². The smallest absolute Gasteiger partial charge is 0.307 e. The maximum Gasteiger partial charge on any atom is 0.307 e. The van der Waals surface area contributed by atoms with E-state index in [2.05, 4.69) is 0 Å². The van der Waals surface area contributed by atoms with E-state index in [1.807, 2.05) is 6.07 Å². The van der Waals surface area contributed by atoms with Crippen LogP contribution in [0.1, 0.15) is 13.3 Å². The van der Waals surface area contributed by atoms with Crippen LogP contribution < -0.4 is 0 Å². The van der Waals surface area contributed by atoms with Gasteiger partial charge >= 0.3 is 5.97 Å². The van der Waals surface area contributed by atoms with Crippen molar-refractivity contribution in [2.45, 2.75) is 13.3 Å². The van der Waals surface area contributed by atoms with Crippen molar-refractivity contribution in [3.05, 3.63) is 11.6 Å². The zero-order valence-corrected chi connectivity index (χ0v) is 5.09. The summed E-state index contributed by atoms with van der Waals surface area (Å²) < 4.78 is 0. The van der Waals surface area contributed by atoms with Crippen LogP contribution in [0.3, 0.4) is 0 Å². The van der Waals surface area contributed by atoms with E-state index < -0.39 is 5.97 Å². The fraction of sp³-hybridized carbons (Fsp3) is 0.333. The quantitative estimate of drug-likeness (QED) is 0.558. The molecule has 0 aliphatic carbocycles. The van der Waals surface area contributed by atoms with Crippen molar-refractivity contribution < 1.29 is 9.90 Å². The van der Waals surface area contributed by atoms with Crippen LogP contribution in [0.15, 0.2) is 11.6 Å². The van der Waals surface area contributed by atoms with Gasteiger partial charge in [-0.15, -0.1) is 0 Å². The highest BCUT2D eigenvalue weighted by molar-refractivity contribution is 5.68. The van der Waals surface area contributed by atoms with Crippen LogP contribution in [0.2, 0.25) is 0 Å². The molecule has 0 radical (unpaired) electrons. The van der Waals surface area contributed by atoms with E-state index in [1.165, 1.54) is 6.08 Å². The molecule has 3 heteroatoms. The van der Waals surface area contributed by atoms with Crippen molar-refractivity contribution in [3.8, 4) is 6.07 Å². The fourth-order valence-corrected chi connectivity index (χ4v) is 0.286. The van der Waals surface area contributed by atoms with E-state index in [0.717, 1.165) is 0 Å². The Morgan fingerprint density at radius 3 is 2.78 bits per heavy atom. The lowest BCUT2D eigenvalue weighted by Gasteiger charge is -1.82. The van der Waals surface area contributed by atoms with Crippen LogP contribution >= 0.6 is 0 Å². The number of carbonyl (C=O) groups is 1. The minimum Gasteiger partial charge on any atom is -0.481 e. The molecule has 1 N–H and O–H groups in total. The van der Waals surface area contributed by atoms with Crippen molar-refractivity contribution in [2.24, 2.45) is 0 Å². The molecule has 0 aromatic rings. The summed E-state index contributed by atoms with van der Waals surface area (Å²) >= 11 is 0. The number of nitriles is 1. The normalized spacial score (nSPS) is 10.4. The van der Waals surface area contributed by atoms with Crippen molar-refractivity contribution in [3.63, 3.8) is 0 Å². The van der Waals surface area contributed by atoms with E-state index in [1.54, 1.807) is 6.92 Å². The molecule has 0 heterocycles. The number of hydrogen-bond acceptors (Lipinski definition) is 2. The largest absolute Gasteiger partial charge is 0.481 e. The van der Waals surface area contributed by atoms with Gasteiger partial charge in [0.15, 0.2) is 0 Å². The van der Waals surface area contributed by atoms with Crippen molar-refractivity contribution in [1.29, 1.82) is 5.26 Å². The first-order valence-corrected chi connectivity index (χ1v) is 2.45. The minimum absolute atomic E-state index is 0.0700. The molecule has 3 nitrogen and oxygen atoms in total. The first kappa shape index (κ1) is 7.70. The molecular weight excluding hydrogens is 118 g/mol. The molecule has 9 heavy (non-hydrogen) atoms. The monoisotopic (exact) mass is 125 g/mol. The van der Waals surface area contributed by atoms with Gasteiger partial charge in [-0.05, 0) is 6.92 Å². The molecule has 0 spiro atoms. The van der Waals surface area contributed by atoms with Crippen LogP contribution in [0, 0.1) is 11.3 Å². The lowest BCUT2D eigenvalue weighted by molar-refractivity contribution is -0.136. The standard InChI is InChI=1S/C6H7NO2/c1-5(4-7)2-3-6(8)9/h2H,3H2,1H3,(H,8,9)/b5-2-. The third-order valence-corrected chi connectivity index (χ3v) is 0.759. The summed E-state index contributed by atoms with van der Waals surface area (Å²) in [6, 6.07) is 1.82. The number of allylic oxidation sites excluding steroid dienone is 1. The molecule has 0 amide bonds. The fourth-order valence-electron chi connectivity index (χ4n) is 0.286. The summed E-state index contributed by atoms with van der Waals surface area (Å²) in [6.45, 7) is 1.57. The molecule has 0 fully saturated rings. The lowest BCUT2D eigenvalue weighted by Crippen LogP contribution is -1.90. The Morgan fingerprint density at radius 1 is 1.89 bits per heavy atom. The highest BCUT2D eigenvalue weighted by Gasteiger charge is 1.90. The van der Waals surface area contributed by atoms with Crippen LogP contribution in [0.4, 0.5) is 0 Å². The second kappa shape index (κ2) is 3.67. The van der Waals surface area contributed by atoms with Gasteiger partial charge in [-0.1, -0.05) is 6.08 Å². The number of nitrogens with zero attached hydrogens (tertiary/aromatic N) is 1. The average molecular weight is 125 g/mol. The predicted octanol–water partition coefficient (Wildman–Crippen LogP) is 0.931. The van der Waals surface area contributed by atoms with Crippen molar-refractivity contribution in [2.75, 3.05) is 0 Å². The molecule has 0 saturated carbocycles. The molecule has 0 atom stereocenters. The van der Waals surface area contributed by atoms with Crippen molar-refractivity contribution >= 4 is 5.97 Å². The van der Waals surface area contributed by atoms with E-state index in [0.29, 0.717) is 5.57 Å². The Labute approximate surface area is 53.2 Å². The minimum atomic E-state index is -0.912. The van der Waals surface area contributed by atoms with E-state index in [4.69, 9.17) is 10.4 Å². The van der Waals surface area contributed by atoms with E-state index in [9.17, 15) is 4.79 Å². The summed E-state index contributed by atoms with van der Waals surface area (Å²) in [5, 5.41) is 16.2. The first-order chi connectivity index (χ1) is 4.16. The summed E-state index contributed by atoms with van der Waals surface area (Å²) in [6.07, 6.45) is 1.31. The Morgan fingerprint density at radius 2 is 2.44 bits per heavy atom. The summed E-state index contributed by atoms with van der Waals surface area (Å²) in [7, 11) is 0. The Balaban J connectivity index is 3.74. The molecule has 0 aromatic carbocycles. The summed E-state index contributed by atoms with van der Waals surface area (Å²) in [4.78, 5) is 9.87. The third-order valence-electron chi connectivity index (χ3n) is 0.759. The van der Waals surface area contributed by atoms with Gasteiger partial charge in [-0.25, -0.2) is 0 Å². The van der Waals surface area contributed by atoms with Crippen LogP contribution in [0.5, 0.6) is 0 Å². The lowest BCUT2D eigenvalue weighted by atomic mass is 10.3. The molecule has 0 aliphatic heterocycles. The van der Waals surface area contributed by atoms with Gasteiger partial charge < -0.3 is 5.11 Å².